The van der Waals surface area contributed by atoms with Crippen LogP contribution in [-0.4, -0.2) is 37.2 Å². The second kappa shape index (κ2) is 68.1. The second-order valence-electron chi connectivity index (χ2n) is 24.1. The molecule has 0 saturated heterocycles. The summed E-state index contributed by atoms with van der Waals surface area (Å²) in [6.07, 6.45) is 85.0. The highest BCUT2D eigenvalue weighted by Gasteiger charge is 2.19. The van der Waals surface area contributed by atoms with Gasteiger partial charge in [-0.15, -0.1) is 0 Å². The van der Waals surface area contributed by atoms with Crippen LogP contribution in [0.15, 0.2) is 36.5 Å². The van der Waals surface area contributed by atoms with Crippen LogP contribution in [0.2, 0.25) is 0 Å². The summed E-state index contributed by atoms with van der Waals surface area (Å²) in [5.41, 5.74) is 0. The molecule has 0 aliphatic carbocycles. The number of carbonyl (C=O) groups is 3. The Morgan fingerprint density at radius 1 is 0.253 bits per heavy atom. The molecule has 0 radical (unpaired) electrons. The first-order valence-electron chi connectivity index (χ1n) is 35.5. The number of allylic oxidation sites excluding steroid dienone is 6. The van der Waals surface area contributed by atoms with Gasteiger partial charge in [0.15, 0.2) is 6.10 Å². The van der Waals surface area contributed by atoms with Crippen LogP contribution in [-0.2, 0) is 28.6 Å². The molecule has 0 aromatic rings. The van der Waals surface area contributed by atoms with Gasteiger partial charge in [0.25, 0.3) is 0 Å². The van der Waals surface area contributed by atoms with Crippen molar-refractivity contribution in [3.8, 4) is 0 Å². The largest absolute Gasteiger partial charge is 0.462 e. The molecule has 0 rings (SSSR count). The van der Waals surface area contributed by atoms with E-state index < -0.39 is 6.10 Å². The van der Waals surface area contributed by atoms with Crippen molar-refractivity contribution in [3.63, 3.8) is 0 Å². The lowest BCUT2D eigenvalue weighted by atomic mass is 10.0. The highest BCUT2D eigenvalue weighted by Crippen LogP contribution is 2.18. The van der Waals surface area contributed by atoms with E-state index in [4.69, 9.17) is 14.2 Å². The van der Waals surface area contributed by atoms with Gasteiger partial charge in [-0.25, -0.2) is 0 Å². The zero-order valence-corrected chi connectivity index (χ0v) is 53.4. The van der Waals surface area contributed by atoms with Crippen molar-refractivity contribution in [3.05, 3.63) is 36.5 Å². The maximum atomic E-state index is 12.9. The van der Waals surface area contributed by atoms with Crippen LogP contribution in [0.4, 0.5) is 0 Å². The van der Waals surface area contributed by atoms with Gasteiger partial charge in [0.05, 0.1) is 0 Å². The van der Waals surface area contributed by atoms with Crippen molar-refractivity contribution in [2.24, 2.45) is 0 Å². The average molecular weight is 1110 g/mol. The third-order valence-electron chi connectivity index (χ3n) is 16.1. The van der Waals surface area contributed by atoms with Crippen molar-refractivity contribution in [2.75, 3.05) is 13.2 Å². The molecule has 0 bridgehead atoms. The zero-order chi connectivity index (χ0) is 57.1. The van der Waals surface area contributed by atoms with E-state index in [1.165, 1.54) is 289 Å². The molecular formula is C73H136O6. The zero-order valence-electron chi connectivity index (χ0n) is 53.4. The van der Waals surface area contributed by atoms with Crippen molar-refractivity contribution < 1.29 is 28.6 Å². The molecule has 0 aromatic carbocycles. The molecule has 0 aromatic heterocycles. The van der Waals surface area contributed by atoms with Gasteiger partial charge in [-0.3, -0.25) is 14.4 Å². The van der Waals surface area contributed by atoms with Crippen LogP contribution in [0, 0.1) is 0 Å². The predicted octanol–water partition coefficient (Wildman–Crippen LogP) is 24.3. The van der Waals surface area contributed by atoms with E-state index in [0.717, 1.165) is 64.2 Å². The molecule has 0 fully saturated rings. The summed E-state index contributed by atoms with van der Waals surface area (Å²) in [5.74, 6) is -0.852. The fraction of sp³-hybridized carbons (Fsp3) is 0.877. The Bertz CT molecular complexity index is 1320. The van der Waals surface area contributed by atoms with Crippen molar-refractivity contribution in [1.29, 1.82) is 0 Å². The van der Waals surface area contributed by atoms with E-state index in [9.17, 15) is 14.4 Å². The quantitative estimate of drug-likeness (QED) is 0.0261. The Labute approximate surface area is 493 Å². The van der Waals surface area contributed by atoms with Gasteiger partial charge < -0.3 is 14.2 Å². The summed E-state index contributed by atoms with van der Waals surface area (Å²) in [6.45, 7) is 6.65. The summed E-state index contributed by atoms with van der Waals surface area (Å²) in [5, 5.41) is 0. The van der Waals surface area contributed by atoms with Crippen LogP contribution in [0.25, 0.3) is 0 Å². The lowest BCUT2D eigenvalue weighted by Crippen LogP contribution is -2.30. The Kier molecular flexibility index (Phi) is 66.1. The van der Waals surface area contributed by atoms with Gasteiger partial charge in [0.1, 0.15) is 13.2 Å². The highest BCUT2D eigenvalue weighted by molar-refractivity contribution is 5.71. The average Bonchev–Trinajstić information content (AvgIpc) is 3.45. The Balaban J connectivity index is 3.96. The van der Waals surface area contributed by atoms with Gasteiger partial charge in [0.2, 0.25) is 0 Å². The maximum Gasteiger partial charge on any atom is 0.306 e. The molecule has 0 saturated carbocycles. The number of carbonyl (C=O) groups excluding carboxylic acids is 3. The molecule has 0 aliphatic heterocycles. The van der Waals surface area contributed by atoms with E-state index in [1.807, 2.05) is 0 Å². The number of hydrogen-bond donors (Lipinski definition) is 0. The standard InChI is InChI=1S/C73H136O6/c1-4-7-10-13-16-19-21-23-25-27-29-30-31-32-33-34-35-36-37-38-39-40-41-42-43-44-45-47-48-50-52-54-57-60-63-66-72(75)78-69-70(68-77-71(74)65-62-59-56-18-15-12-9-6-3)79-73(76)67-64-61-58-55-53-51-49-46-28-26-24-22-20-17-14-11-8-5-2/h21,23,26-29,70H,4-20,22,24-25,30-69H2,1-3H3/b23-21-,28-26-,29-27-. The topological polar surface area (TPSA) is 78.9 Å². The van der Waals surface area contributed by atoms with E-state index in [2.05, 4.69) is 57.2 Å². The van der Waals surface area contributed by atoms with Gasteiger partial charge in [-0.1, -0.05) is 333 Å². The molecule has 6 nitrogen and oxygen atoms in total. The van der Waals surface area contributed by atoms with Crippen LogP contribution >= 0.6 is 0 Å². The summed E-state index contributed by atoms with van der Waals surface area (Å²) < 4.78 is 16.9. The van der Waals surface area contributed by atoms with Gasteiger partial charge in [-0.2, -0.15) is 0 Å². The van der Waals surface area contributed by atoms with E-state index >= 15 is 0 Å². The van der Waals surface area contributed by atoms with Crippen molar-refractivity contribution in [2.45, 2.75) is 399 Å². The molecule has 1 atom stereocenters. The molecule has 79 heavy (non-hydrogen) atoms. The van der Waals surface area contributed by atoms with E-state index in [0.29, 0.717) is 19.3 Å². The normalized spacial score (nSPS) is 12.2. The van der Waals surface area contributed by atoms with E-state index in [-0.39, 0.29) is 31.1 Å². The fourth-order valence-corrected chi connectivity index (χ4v) is 10.8. The third kappa shape index (κ3) is 66.3. The fourth-order valence-electron chi connectivity index (χ4n) is 10.8. The Hall–Kier alpha value is -2.37. The minimum Gasteiger partial charge on any atom is -0.462 e. The molecule has 0 amide bonds. The van der Waals surface area contributed by atoms with E-state index in [1.54, 1.807) is 0 Å². The molecule has 6 heteroatoms. The smallest absolute Gasteiger partial charge is 0.306 e. The first-order chi connectivity index (χ1) is 39.0. The lowest BCUT2D eigenvalue weighted by Gasteiger charge is -2.18. The number of ether oxygens (including phenoxy) is 3. The van der Waals surface area contributed by atoms with Crippen molar-refractivity contribution >= 4 is 17.9 Å². The molecule has 0 heterocycles. The van der Waals surface area contributed by atoms with Crippen LogP contribution in [0.5, 0.6) is 0 Å². The first kappa shape index (κ1) is 76.6. The predicted molar refractivity (Wildman–Crippen MR) is 344 cm³/mol. The molecule has 0 N–H and O–H groups in total. The van der Waals surface area contributed by atoms with Crippen molar-refractivity contribution in [1.82, 2.24) is 0 Å². The first-order valence-corrected chi connectivity index (χ1v) is 35.5. The monoisotopic (exact) mass is 1110 g/mol. The number of rotatable bonds is 66. The minimum atomic E-state index is -0.769. The maximum absolute atomic E-state index is 12.9. The summed E-state index contributed by atoms with van der Waals surface area (Å²) in [6, 6.07) is 0. The van der Waals surface area contributed by atoms with Gasteiger partial charge in [-0.05, 0) is 77.0 Å². The third-order valence-corrected chi connectivity index (χ3v) is 16.1. The van der Waals surface area contributed by atoms with Crippen LogP contribution < -0.4 is 0 Å². The number of esters is 3. The molecular weight excluding hydrogens is 973 g/mol. The summed E-state index contributed by atoms with van der Waals surface area (Å²) in [4.78, 5) is 38.2. The molecule has 0 spiro atoms. The number of hydrogen-bond acceptors (Lipinski definition) is 6. The SMILES string of the molecule is CCCCCCC/C=C\C/C=C\CCCCCCCCCCCCCCCCCCCCCCCCCC(=O)OCC(COC(=O)CCCCCCCCCC)OC(=O)CCCCCCCCC/C=C\CCCCCCCCC. The minimum absolute atomic E-state index is 0.0680. The van der Waals surface area contributed by atoms with Gasteiger partial charge >= 0.3 is 17.9 Å². The molecule has 1 unspecified atom stereocenters. The number of unbranched alkanes of at least 4 members (excludes halogenated alkanes) is 49. The Morgan fingerprint density at radius 2 is 0.456 bits per heavy atom. The summed E-state index contributed by atoms with van der Waals surface area (Å²) in [7, 11) is 0. The Morgan fingerprint density at radius 3 is 0.709 bits per heavy atom. The van der Waals surface area contributed by atoms with Crippen LogP contribution in [0.1, 0.15) is 393 Å². The molecule has 464 valence electrons. The molecule has 0 aliphatic rings. The second-order valence-corrected chi connectivity index (χ2v) is 24.1. The van der Waals surface area contributed by atoms with Gasteiger partial charge in [0, 0.05) is 19.3 Å². The van der Waals surface area contributed by atoms with Crippen LogP contribution in [0.3, 0.4) is 0 Å². The summed E-state index contributed by atoms with van der Waals surface area (Å²) >= 11 is 0. The highest BCUT2D eigenvalue weighted by atomic mass is 16.6. The lowest BCUT2D eigenvalue weighted by molar-refractivity contribution is -0.167.